The Balaban J connectivity index is 2.39. The fraction of sp³-hybridized carbons (Fsp3) is 0. The third kappa shape index (κ3) is 3.16. The van der Waals surface area contributed by atoms with Crippen LogP contribution in [-0.4, -0.2) is 10.8 Å². The van der Waals surface area contributed by atoms with Crippen LogP contribution in [0.25, 0.3) is 0 Å². The van der Waals surface area contributed by atoms with E-state index in [1.54, 1.807) is 12.1 Å². The number of amides is 1. The Morgan fingerprint density at radius 2 is 2.00 bits per heavy atom. The van der Waals surface area contributed by atoms with Crippen LogP contribution in [0.1, 0.15) is 15.9 Å². The Morgan fingerprint density at radius 3 is 2.67 bits per heavy atom. The van der Waals surface area contributed by atoms with E-state index in [1.807, 2.05) is 6.07 Å². The van der Waals surface area contributed by atoms with Crippen molar-refractivity contribution in [1.82, 2.24) is 0 Å². The van der Waals surface area contributed by atoms with Gasteiger partial charge in [-0.15, -0.1) is 0 Å². The molecular formula is C14H8ClN3O3. The minimum absolute atomic E-state index is 0.166. The van der Waals surface area contributed by atoms with Crippen LogP contribution in [0.2, 0.25) is 5.02 Å². The molecule has 0 spiro atoms. The molecule has 0 atom stereocenters. The molecule has 7 heteroatoms. The van der Waals surface area contributed by atoms with Gasteiger partial charge in [-0.05, 0) is 24.3 Å². The second-order valence-corrected chi connectivity index (χ2v) is 4.47. The molecule has 0 aliphatic heterocycles. The van der Waals surface area contributed by atoms with Gasteiger partial charge in [-0.2, -0.15) is 5.26 Å². The minimum Gasteiger partial charge on any atom is -0.321 e. The molecule has 0 heterocycles. The molecule has 2 aromatic carbocycles. The van der Waals surface area contributed by atoms with Gasteiger partial charge in [0.25, 0.3) is 11.6 Å². The highest BCUT2D eigenvalue weighted by molar-refractivity contribution is 6.31. The number of benzene rings is 2. The Bertz CT molecular complexity index is 768. The van der Waals surface area contributed by atoms with Crippen LogP contribution < -0.4 is 5.32 Å². The molecule has 0 fully saturated rings. The highest BCUT2D eigenvalue weighted by atomic mass is 35.5. The van der Waals surface area contributed by atoms with E-state index < -0.39 is 10.8 Å². The molecule has 0 unspecified atom stereocenters. The van der Waals surface area contributed by atoms with Crippen LogP contribution >= 0.6 is 11.6 Å². The van der Waals surface area contributed by atoms with Crippen molar-refractivity contribution in [1.29, 1.82) is 5.26 Å². The third-order valence-electron chi connectivity index (χ3n) is 2.70. The molecule has 2 rings (SSSR count). The van der Waals surface area contributed by atoms with E-state index >= 15 is 0 Å². The second kappa shape index (κ2) is 6.03. The summed E-state index contributed by atoms with van der Waals surface area (Å²) in [5.74, 6) is -0.702. The van der Waals surface area contributed by atoms with Gasteiger partial charge in [0.15, 0.2) is 0 Å². The number of rotatable bonds is 3. The molecule has 104 valence electrons. The number of hydrogen-bond donors (Lipinski definition) is 1. The average Bonchev–Trinajstić information content (AvgIpc) is 2.47. The lowest BCUT2D eigenvalue weighted by atomic mass is 10.1. The second-order valence-electron chi connectivity index (χ2n) is 4.03. The fourth-order valence-electron chi connectivity index (χ4n) is 1.73. The molecule has 2 aromatic rings. The monoisotopic (exact) mass is 301 g/mol. The molecule has 0 aliphatic rings. The lowest BCUT2D eigenvalue weighted by Crippen LogP contribution is -2.14. The van der Waals surface area contributed by atoms with E-state index in [-0.39, 0.29) is 27.5 Å². The molecule has 6 nitrogen and oxygen atoms in total. The maximum atomic E-state index is 12.2. The van der Waals surface area contributed by atoms with Gasteiger partial charge < -0.3 is 5.32 Å². The van der Waals surface area contributed by atoms with Gasteiger partial charge in [-0.25, -0.2) is 0 Å². The van der Waals surface area contributed by atoms with Crippen LogP contribution in [0.5, 0.6) is 0 Å². The zero-order valence-electron chi connectivity index (χ0n) is 10.5. The first-order valence-corrected chi connectivity index (χ1v) is 6.15. The van der Waals surface area contributed by atoms with Crippen molar-refractivity contribution in [2.24, 2.45) is 0 Å². The SMILES string of the molecule is N#Cc1ccccc1NC(=O)c1cc(Cl)ccc1[N+](=O)[O-]. The summed E-state index contributed by atoms with van der Waals surface area (Å²) in [4.78, 5) is 22.5. The van der Waals surface area contributed by atoms with Gasteiger partial charge in [0, 0.05) is 11.1 Å². The lowest BCUT2D eigenvalue weighted by Gasteiger charge is -2.07. The number of nitro benzene ring substituents is 1. The fourth-order valence-corrected chi connectivity index (χ4v) is 1.90. The summed E-state index contributed by atoms with van der Waals surface area (Å²) in [5.41, 5.74) is 0.0152. The van der Waals surface area contributed by atoms with Crippen LogP contribution in [0.4, 0.5) is 11.4 Å². The molecule has 0 saturated carbocycles. The third-order valence-corrected chi connectivity index (χ3v) is 2.93. The summed E-state index contributed by atoms with van der Waals surface area (Å²) >= 11 is 5.77. The van der Waals surface area contributed by atoms with Crippen molar-refractivity contribution in [3.05, 3.63) is 68.7 Å². The summed E-state index contributed by atoms with van der Waals surface area (Å²) in [5, 5.41) is 22.6. The number of carbonyl (C=O) groups excluding carboxylic acids is 1. The number of hydrogen-bond acceptors (Lipinski definition) is 4. The maximum Gasteiger partial charge on any atom is 0.282 e. The zero-order valence-corrected chi connectivity index (χ0v) is 11.3. The number of para-hydroxylation sites is 1. The first kappa shape index (κ1) is 14.5. The molecule has 0 bridgehead atoms. The summed E-state index contributed by atoms with van der Waals surface area (Å²) < 4.78 is 0. The van der Waals surface area contributed by atoms with Gasteiger partial charge in [0.2, 0.25) is 0 Å². The minimum atomic E-state index is -0.702. The Hall–Kier alpha value is -2.91. The number of nitrogens with zero attached hydrogens (tertiary/aromatic N) is 2. The molecule has 0 radical (unpaired) electrons. The van der Waals surface area contributed by atoms with Crippen LogP contribution in [0, 0.1) is 21.4 Å². The van der Waals surface area contributed by atoms with Crippen molar-refractivity contribution in [2.75, 3.05) is 5.32 Å². The summed E-state index contributed by atoms with van der Waals surface area (Å²) in [6.45, 7) is 0. The van der Waals surface area contributed by atoms with E-state index in [9.17, 15) is 14.9 Å². The number of nitro groups is 1. The Morgan fingerprint density at radius 1 is 1.29 bits per heavy atom. The first-order chi connectivity index (χ1) is 10.0. The van der Waals surface area contributed by atoms with Crippen molar-refractivity contribution in [2.45, 2.75) is 0 Å². The average molecular weight is 302 g/mol. The number of anilines is 1. The quantitative estimate of drug-likeness (QED) is 0.694. The molecular weight excluding hydrogens is 294 g/mol. The topological polar surface area (TPSA) is 96.0 Å². The summed E-state index contributed by atoms with van der Waals surface area (Å²) in [7, 11) is 0. The lowest BCUT2D eigenvalue weighted by molar-refractivity contribution is -0.385. The predicted molar refractivity (Wildman–Crippen MR) is 77.2 cm³/mol. The zero-order chi connectivity index (χ0) is 15.4. The summed E-state index contributed by atoms with van der Waals surface area (Å²) in [6, 6.07) is 12.0. The predicted octanol–water partition coefficient (Wildman–Crippen LogP) is 3.37. The van der Waals surface area contributed by atoms with Gasteiger partial charge in [-0.3, -0.25) is 14.9 Å². The van der Waals surface area contributed by atoms with Gasteiger partial charge in [-0.1, -0.05) is 23.7 Å². The molecule has 1 amide bonds. The number of nitriles is 1. The molecule has 21 heavy (non-hydrogen) atoms. The summed E-state index contributed by atoms with van der Waals surface area (Å²) in [6.07, 6.45) is 0. The number of halogens is 1. The number of nitrogens with one attached hydrogen (secondary N) is 1. The van der Waals surface area contributed by atoms with Gasteiger partial charge in [0.1, 0.15) is 11.6 Å². The standard InChI is InChI=1S/C14H8ClN3O3/c15-10-5-6-13(18(20)21)11(7-10)14(19)17-12-4-2-1-3-9(12)8-16/h1-7H,(H,17,19). The van der Waals surface area contributed by atoms with Crippen LogP contribution in [0.3, 0.4) is 0 Å². The largest absolute Gasteiger partial charge is 0.321 e. The van der Waals surface area contributed by atoms with Crippen molar-refractivity contribution < 1.29 is 9.72 Å². The normalized spacial score (nSPS) is 9.71. The number of carbonyl (C=O) groups is 1. The smallest absolute Gasteiger partial charge is 0.282 e. The van der Waals surface area contributed by atoms with Gasteiger partial charge >= 0.3 is 0 Å². The highest BCUT2D eigenvalue weighted by Crippen LogP contribution is 2.24. The Labute approximate surface area is 124 Å². The van der Waals surface area contributed by atoms with Crippen molar-refractivity contribution >= 4 is 28.9 Å². The highest BCUT2D eigenvalue weighted by Gasteiger charge is 2.21. The van der Waals surface area contributed by atoms with E-state index in [2.05, 4.69) is 5.32 Å². The van der Waals surface area contributed by atoms with E-state index in [1.165, 1.54) is 24.3 Å². The van der Waals surface area contributed by atoms with E-state index in [4.69, 9.17) is 16.9 Å². The maximum absolute atomic E-state index is 12.2. The van der Waals surface area contributed by atoms with Crippen LogP contribution in [-0.2, 0) is 0 Å². The first-order valence-electron chi connectivity index (χ1n) is 5.77. The van der Waals surface area contributed by atoms with E-state index in [0.29, 0.717) is 0 Å². The van der Waals surface area contributed by atoms with Gasteiger partial charge in [0.05, 0.1) is 16.2 Å². The van der Waals surface area contributed by atoms with Crippen LogP contribution in [0.15, 0.2) is 42.5 Å². The molecule has 0 saturated heterocycles. The molecule has 0 aliphatic carbocycles. The van der Waals surface area contributed by atoms with Crippen molar-refractivity contribution in [3.63, 3.8) is 0 Å². The van der Waals surface area contributed by atoms with Crippen molar-refractivity contribution in [3.8, 4) is 6.07 Å². The van der Waals surface area contributed by atoms with E-state index in [0.717, 1.165) is 6.07 Å². The molecule has 0 aromatic heterocycles. The molecule has 1 N–H and O–H groups in total. The Kier molecular flexibility index (Phi) is 4.16.